The average Bonchev–Trinajstić information content (AvgIpc) is 3.41. The van der Waals surface area contributed by atoms with Crippen LogP contribution in [0.5, 0.6) is 5.75 Å². The fraction of sp³-hybridized carbons (Fsp3) is 0.444. The Kier molecular flexibility index (Phi) is 12.6. The van der Waals surface area contributed by atoms with Crippen LogP contribution in [-0.2, 0) is 20.0 Å². The van der Waals surface area contributed by atoms with Crippen LogP contribution in [0.3, 0.4) is 0 Å². The third-order valence-corrected chi connectivity index (χ3v) is 10.3. The monoisotopic (exact) mass is 734 g/mol. The molecule has 1 unspecified atom stereocenters. The SMILES string of the molecule is CCOc1cc(C(C)(C)C)ccc1C1=N[C@@H](c2ccc(Cl)cc2)[C@@H](c2ccc(Cl)cc2)N1C(C=O)N1CCN(CCS(C)(=O)=O)CC1.Cl. The Bertz CT molecular complexity index is 1690. The molecule has 0 bridgehead atoms. The molecule has 0 radical (unpaired) electrons. The van der Waals surface area contributed by atoms with Crippen molar-refractivity contribution in [2.45, 2.75) is 51.4 Å². The molecule has 0 aromatic heterocycles. The highest BCUT2D eigenvalue weighted by Gasteiger charge is 2.45. The second kappa shape index (κ2) is 15.9. The summed E-state index contributed by atoms with van der Waals surface area (Å²) in [5.74, 6) is 1.50. The molecule has 1 fully saturated rings. The van der Waals surface area contributed by atoms with Crippen molar-refractivity contribution < 1.29 is 17.9 Å². The lowest BCUT2D eigenvalue weighted by Gasteiger charge is -2.44. The standard InChI is InChI=1S/C36H44Cl2N4O4S.ClH/c1-6-46-31-23-27(36(2,3)4)11-16-30(31)35-39-33(25-7-12-28(37)13-8-25)34(26-9-14-29(38)15-10-26)42(35)32(24-43)41-19-17-40(18-20-41)21-22-47(5,44)45;/h7-16,23-24,32-34H,6,17-22H2,1-5H3;1H/t32?,33-,34+;/m0./s1. The molecule has 0 saturated carbocycles. The second-order valence-corrected chi connectivity index (χ2v) is 16.4. The van der Waals surface area contributed by atoms with Crippen LogP contribution >= 0.6 is 35.6 Å². The maximum atomic E-state index is 13.3. The van der Waals surface area contributed by atoms with Gasteiger partial charge in [-0.2, -0.15) is 0 Å². The summed E-state index contributed by atoms with van der Waals surface area (Å²) in [6, 6.07) is 21.0. The van der Waals surface area contributed by atoms with Gasteiger partial charge in [0, 0.05) is 49.0 Å². The normalized spacial score (nSPS) is 19.8. The van der Waals surface area contributed by atoms with E-state index in [1.807, 2.05) is 55.5 Å². The third-order valence-electron chi connectivity index (χ3n) is 8.88. The Balaban J connectivity index is 0.00000520. The van der Waals surface area contributed by atoms with Gasteiger partial charge in [0.1, 0.15) is 33.6 Å². The van der Waals surface area contributed by atoms with Crippen LogP contribution in [0, 0.1) is 0 Å². The number of aldehydes is 1. The van der Waals surface area contributed by atoms with Crippen LogP contribution in [0.1, 0.15) is 62.0 Å². The van der Waals surface area contributed by atoms with Crippen LogP contribution in [0.4, 0.5) is 0 Å². The van der Waals surface area contributed by atoms with Crippen molar-refractivity contribution in [1.82, 2.24) is 14.7 Å². The topological polar surface area (TPSA) is 82.5 Å². The summed E-state index contributed by atoms with van der Waals surface area (Å²) in [7, 11) is -3.07. The molecular weight excluding hydrogens is 691 g/mol. The number of carbonyl (C=O) groups excluding carboxylic acids is 1. The number of hydrogen-bond donors (Lipinski definition) is 0. The molecule has 1 saturated heterocycles. The van der Waals surface area contributed by atoms with Gasteiger partial charge >= 0.3 is 0 Å². The zero-order valence-electron chi connectivity index (χ0n) is 28.1. The zero-order chi connectivity index (χ0) is 33.9. The van der Waals surface area contributed by atoms with Crippen molar-refractivity contribution in [3.63, 3.8) is 0 Å². The van der Waals surface area contributed by atoms with E-state index in [1.54, 1.807) is 0 Å². The largest absolute Gasteiger partial charge is 0.493 e. The molecule has 8 nitrogen and oxygen atoms in total. The Morgan fingerprint density at radius 1 is 0.938 bits per heavy atom. The van der Waals surface area contributed by atoms with Gasteiger partial charge < -0.3 is 9.64 Å². The molecule has 260 valence electrons. The lowest BCUT2D eigenvalue weighted by Crippen LogP contribution is -2.58. The number of amidine groups is 1. The second-order valence-electron chi connectivity index (χ2n) is 13.3. The van der Waals surface area contributed by atoms with Crippen molar-refractivity contribution in [3.05, 3.63) is 99.0 Å². The number of hydrogen-bond acceptors (Lipinski definition) is 8. The van der Waals surface area contributed by atoms with Gasteiger partial charge in [-0.3, -0.25) is 19.6 Å². The molecule has 3 aromatic carbocycles. The lowest BCUT2D eigenvalue weighted by atomic mass is 9.86. The molecule has 3 atom stereocenters. The van der Waals surface area contributed by atoms with Crippen LogP contribution < -0.4 is 4.74 Å². The first-order chi connectivity index (χ1) is 22.3. The first-order valence-corrected chi connectivity index (χ1v) is 18.8. The number of ether oxygens (including phenoxy) is 1. The summed E-state index contributed by atoms with van der Waals surface area (Å²) in [5.41, 5.74) is 3.79. The van der Waals surface area contributed by atoms with Crippen LogP contribution in [-0.4, -0.2) is 92.7 Å². The number of halogens is 3. The Hall–Kier alpha value is -2.66. The minimum absolute atomic E-state index is 0. The van der Waals surface area contributed by atoms with E-state index in [9.17, 15) is 13.2 Å². The number of carbonyl (C=O) groups is 1. The Morgan fingerprint density at radius 2 is 1.52 bits per heavy atom. The van der Waals surface area contributed by atoms with E-state index >= 15 is 0 Å². The maximum absolute atomic E-state index is 13.3. The summed E-state index contributed by atoms with van der Waals surface area (Å²) in [4.78, 5) is 25.2. The highest BCUT2D eigenvalue weighted by molar-refractivity contribution is 7.90. The molecule has 2 aliphatic heterocycles. The predicted molar refractivity (Wildman–Crippen MR) is 198 cm³/mol. The number of nitrogens with zero attached hydrogens (tertiary/aromatic N) is 4. The van der Waals surface area contributed by atoms with Gasteiger partial charge in [-0.05, 0) is 65.4 Å². The van der Waals surface area contributed by atoms with Gasteiger partial charge in [0.15, 0.2) is 6.29 Å². The summed E-state index contributed by atoms with van der Waals surface area (Å²) in [5, 5.41) is 1.25. The fourth-order valence-electron chi connectivity index (χ4n) is 6.29. The van der Waals surface area contributed by atoms with Crippen molar-refractivity contribution in [2.75, 3.05) is 51.3 Å². The van der Waals surface area contributed by atoms with E-state index in [4.69, 9.17) is 32.9 Å². The van der Waals surface area contributed by atoms with E-state index < -0.39 is 16.0 Å². The lowest BCUT2D eigenvalue weighted by molar-refractivity contribution is -0.118. The number of sulfone groups is 1. The van der Waals surface area contributed by atoms with Crippen molar-refractivity contribution in [1.29, 1.82) is 0 Å². The van der Waals surface area contributed by atoms with Gasteiger partial charge in [0.2, 0.25) is 0 Å². The van der Waals surface area contributed by atoms with E-state index in [0.29, 0.717) is 61.0 Å². The highest BCUT2D eigenvalue weighted by Crippen LogP contribution is 2.46. The van der Waals surface area contributed by atoms with E-state index in [-0.39, 0.29) is 35.7 Å². The molecule has 0 N–H and O–H groups in total. The van der Waals surface area contributed by atoms with Crippen LogP contribution in [0.15, 0.2) is 71.7 Å². The Labute approximate surface area is 301 Å². The molecule has 48 heavy (non-hydrogen) atoms. The zero-order valence-corrected chi connectivity index (χ0v) is 31.2. The quantitative estimate of drug-likeness (QED) is 0.200. The summed E-state index contributed by atoms with van der Waals surface area (Å²) >= 11 is 12.7. The predicted octanol–water partition coefficient (Wildman–Crippen LogP) is 6.84. The van der Waals surface area contributed by atoms with E-state index in [2.05, 4.69) is 53.7 Å². The van der Waals surface area contributed by atoms with Crippen LogP contribution in [0.25, 0.3) is 0 Å². The summed E-state index contributed by atoms with van der Waals surface area (Å²) in [6.07, 6.45) is 1.61. The fourth-order valence-corrected chi connectivity index (χ4v) is 7.14. The molecule has 0 spiro atoms. The smallest absolute Gasteiger partial charge is 0.157 e. The molecule has 12 heteroatoms. The van der Waals surface area contributed by atoms with Crippen molar-refractivity contribution in [3.8, 4) is 5.75 Å². The van der Waals surface area contributed by atoms with Gasteiger partial charge in [-0.25, -0.2) is 8.42 Å². The highest BCUT2D eigenvalue weighted by atomic mass is 35.5. The van der Waals surface area contributed by atoms with Gasteiger partial charge in [-0.1, -0.05) is 74.3 Å². The molecule has 0 aliphatic carbocycles. The number of aliphatic imine (C=N–C) groups is 1. The summed E-state index contributed by atoms with van der Waals surface area (Å²) < 4.78 is 29.9. The third kappa shape index (κ3) is 8.92. The van der Waals surface area contributed by atoms with Gasteiger partial charge in [0.25, 0.3) is 0 Å². The molecule has 2 aliphatic rings. The van der Waals surface area contributed by atoms with Gasteiger partial charge in [0.05, 0.1) is 24.0 Å². The van der Waals surface area contributed by atoms with Crippen LogP contribution in [0.2, 0.25) is 10.0 Å². The maximum Gasteiger partial charge on any atom is 0.157 e. The Morgan fingerprint density at radius 3 is 2.04 bits per heavy atom. The molecule has 0 amide bonds. The minimum Gasteiger partial charge on any atom is -0.493 e. The average molecular weight is 736 g/mol. The molecule has 5 rings (SSSR count). The molecular formula is C36H45Cl3N4O4S. The number of benzene rings is 3. The van der Waals surface area contributed by atoms with Crippen molar-refractivity contribution in [2.24, 2.45) is 4.99 Å². The first-order valence-electron chi connectivity index (χ1n) is 16.0. The minimum atomic E-state index is -3.07. The summed E-state index contributed by atoms with van der Waals surface area (Å²) in [6.45, 7) is 11.9. The first kappa shape index (κ1) is 38.1. The van der Waals surface area contributed by atoms with Crippen molar-refractivity contribution >= 4 is 57.6 Å². The van der Waals surface area contributed by atoms with E-state index in [1.165, 1.54) is 6.26 Å². The number of piperazine rings is 1. The molecule has 3 aromatic rings. The number of rotatable bonds is 11. The van der Waals surface area contributed by atoms with Gasteiger partial charge in [-0.15, -0.1) is 12.4 Å². The van der Waals surface area contributed by atoms with E-state index in [0.717, 1.165) is 28.5 Å². The molecule has 2 heterocycles.